The highest BCUT2D eigenvalue weighted by Crippen LogP contribution is 2.56. The number of benzene rings is 1. The van der Waals surface area contributed by atoms with E-state index in [0.717, 1.165) is 4.47 Å². The predicted octanol–water partition coefficient (Wildman–Crippen LogP) is 2.10. The number of nitrogens with zero attached hydrogens (tertiary/aromatic N) is 2. The van der Waals surface area contributed by atoms with Gasteiger partial charge in [-0.25, -0.2) is 14.6 Å². The number of hydrogen-bond donors (Lipinski definition) is 2. The van der Waals surface area contributed by atoms with Crippen LogP contribution in [-0.4, -0.2) is 59.7 Å². The molecule has 0 saturated carbocycles. The van der Waals surface area contributed by atoms with Crippen molar-refractivity contribution in [3.05, 3.63) is 28.2 Å². The van der Waals surface area contributed by atoms with Crippen LogP contribution in [0, 0.1) is 5.41 Å². The smallest absolute Gasteiger partial charge is 0.425 e. The Balaban J connectivity index is 1.88. The molecule has 1 unspecified atom stereocenters. The third kappa shape index (κ3) is 2.13. The molecular weight excluding hydrogens is 400 g/mol. The van der Waals surface area contributed by atoms with Gasteiger partial charge in [0, 0.05) is 10.0 Å². The minimum atomic E-state index is -1.68. The van der Waals surface area contributed by atoms with Crippen LogP contribution in [0.5, 0.6) is 5.75 Å². The third-order valence-corrected chi connectivity index (χ3v) is 5.29. The van der Waals surface area contributed by atoms with Crippen molar-refractivity contribution >= 4 is 34.1 Å². The van der Waals surface area contributed by atoms with Gasteiger partial charge in [-0.05, 0) is 18.2 Å². The summed E-state index contributed by atoms with van der Waals surface area (Å²) in [5, 5.41) is 18.3. The van der Waals surface area contributed by atoms with E-state index in [4.69, 9.17) is 24.4 Å². The van der Waals surface area contributed by atoms with E-state index in [2.05, 4.69) is 20.9 Å². The highest BCUT2D eigenvalue weighted by atomic mass is 79.9. The summed E-state index contributed by atoms with van der Waals surface area (Å²) >= 11 is 3.41. The van der Waals surface area contributed by atoms with Gasteiger partial charge in [0.1, 0.15) is 24.5 Å². The highest BCUT2D eigenvalue weighted by molar-refractivity contribution is 9.10. The van der Waals surface area contributed by atoms with Crippen molar-refractivity contribution < 1.29 is 34.0 Å². The lowest BCUT2D eigenvalue weighted by atomic mass is 9.64. The summed E-state index contributed by atoms with van der Waals surface area (Å²) in [4.78, 5) is 27.1. The molecule has 132 valence electrons. The molecule has 2 amide bonds. The molecule has 0 aromatic heterocycles. The molecule has 25 heavy (non-hydrogen) atoms. The van der Waals surface area contributed by atoms with Crippen LogP contribution >= 0.6 is 15.9 Å². The van der Waals surface area contributed by atoms with Gasteiger partial charge in [-0.15, -0.1) is 4.90 Å². The third-order valence-electron chi connectivity index (χ3n) is 4.80. The van der Waals surface area contributed by atoms with Crippen LogP contribution in [-0.2, 0) is 15.0 Å². The Kier molecular flexibility index (Phi) is 3.45. The van der Waals surface area contributed by atoms with E-state index in [0.29, 0.717) is 31.1 Å². The van der Waals surface area contributed by atoms with Crippen molar-refractivity contribution in [3.8, 4) is 5.75 Å². The summed E-state index contributed by atoms with van der Waals surface area (Å²) in [6, 6.07) is 4.98. The van der Waals surface area contributed by atoms with E-state index in [1.165, 1.54) is 0 Å². The van der Waals surface area contributed by atoms with E-state index in [-0.39, 0.29) is 11.5 Å². The molecule has 1 saturated heterocycles. The second-order valence-electron chi connectivity index (χ2n) is 6.15. The highest BCUT2D eigenvalue weighted by Gasteiger charge is 2.64. The van der Waals surface area contributed by atoms with Gasteiger partial charge in [-0.1, -0.05) is 15.9 Å². The molecule has 0 aliphatic carbocycles. The van der Waals surface area contributed by atoms with Crippen LogP contribution in [0.1, 0.15) is 5.56 Å². The van der Waals surface area contributed by atoms with Crippen LogP contribution in [0.4, 0.5) is 9.59 Å². The fourth-order valence-electron chi connectivity index (χ4n) is 3.41. The summed E-state index contributed by atoms with van der Waals surface area (Å²) in [7, 11) is 0. The number of halogens is 1. The van der Waals surface area contributed by atoms with Gasteiger partial charge in [0.2, 0.25) is 0 Å². The topological polar surface area (TPSA) is 118 Å². The second kappa shape index (κ2) is 5.33. The first kappa shape index (κ1) is 16.2. The molecule has 2 spiro atoms. The molecule has 1 atom stereocenters. The minimum Gasteiger partial charge on any atom is -0.492 e. The van der Waals surface area contributed by atoms with Crippen molar-refractivity contribution in [2.45, 2.75) is 5.54 Å². The Morgan fingerprint density at radius 2 is 1.84 bits per heavy atom. The van der Waals surface area contributed by atoms with Crippen molar-refractivity contribution in [3.63, 3.8) is 0 Å². The van der Waals surface area contributed by atoms with Gasteiger partial charge < -0.3 is 24.4 Å². The number of ether oxygens (including phenoxy) is 3. The Morgan fingerprint density at radius 1 is 1.12 bits per heavy atom. The normalized spacial score (nSPS) is 25.4. The number of imide groups is 1. The first-order valence-corrected chi connectivity index (χ1v) is 8.17. The summed E-state index contributed by atoms with van der Waals surface area (Å²) in [6.07, 6.45) is -3.35. The molecule has 0 bridgehead atoms. The molecule has 1 fully saturated rings. The lowest BCUT2D eigenvalue weighted by Gasteiger charge is -2.53. The minimum absolute atomic E-state index is 0.00949. The zero-order chi connectivity index (χ0) is 17.8. The quantitative estimate of drug-likeness (QED) is 0.669. The molecule has 3 heterocycles. The van der Waals surface area contributed by atoms with Crippen molar-refractivity contribution in [2.75, 3.05) is 26.4 Å². The zero-order valence-electron chi connectivity index (χ0n) is 12.8. The average Bonchev–Trinajstić information content (AvgIpc) is 2.91. The van der Waals surface area contributed by atoms with Crippen LogP contribution in [0.2, 0.25) is 0 Å². The largest absolute Gasteiger partial charge is 0.492 e. The summed E-state index contributed by atoms with van der Waals surface area (Å²) < 4.78 is 17.5. The van der Waals surface area contributed by atoms with Crippen molar-refractivity contribution in [2.24, 2.45) is 10.4 Å². The van der Waals surface area contributed by atoms with Gasteiger partial charge in [0.15, 0.2) is 0 Å². The number of aliphatic imine (C=N–C) groups is 1. The Morgan fingerprint density at radius 3 is 2.44 bits per heavy atom. The zero-order valence-corrected chi connectivity index (χ0v) is 14.4. The Hall–Kier alpha value is -2.33. The van der Waals surface area contributed by atoms with E-state index < -0.39 is 29.2 Å². The van der Waals surface area contributed by atoms with E-state index in [1.54, 1.807) is 6.07 Å². The molecule has 1 aromatic carbocycles. The maximum atomic E-state index is 11.3. The molecule has 3 aliphatic rings. The second-order valence-corrected chi connectivity index (χ2v) is 7.06. The number of fused-ring (bicyclic) bond motifs is 3. The summed E-state index contributed by atoms with van der Waals surface area (Å²) in [6.45, 7) is 1.05. The van der Waals surface area contributed by atoms with Gasteiger partial charge in [-0.3, -0.25) is 0 Å². The van der Waals surface area contributed by atoms with E-state index in [1.807, 2.05) is 12.1 Å². The standard InChI is InChI=1S/C15H13BrN2O7/c16-8-1-2-10-9(3-8)15(14(6-24-10)4-23-5-14)7-25-11(17-15)18(12(19)20)13(21)22/h1-3H,4-7H2,(H,19,20)(H,21,22). The number of carbonyl (C=O) groups is 2. The molecule has 9 nitrogen and oxygen atoms in total. The maximum absolute atomic E-state index is 11.3. The lowest BCUT2D eigenvalue weighted by molar-refractivity contribution is -0.185. The first-order chi connectivity index (χ1) is 11.9. The summed E-state index contributed by atoms with van der Waals surface area (Å²) in [5.41, 5.74) is -0.797. The van der Waals surface area contributed by atoms with Crippen LogP contribution in [0.15, 0.2) is 27.7 Å². The van der Waals surface area contributed by atoms with Crippen LogP contribution < -0.4 is 4.74 Å². The monoisotopic (exact) mass is 412 g/mol. The fraction of sp³-hybridized carbons (Fsp3) is 0.400. The molecule has 4 rings (SSSR count). The Labute approximate surface area is 149 Å². The summed E-state index contributed by atoms with van der Waals surface area (Å²) in [5.74, 6) is 0.603. The molecule has 0 radical (unpaired) electrons. The molecule has 2 N–H and O–H groups in total. The van der Waals surface area contributed by atoms with Gasteiger partial charge >= 0.3 is 18.2 Å². The van der Waals surface area contributed by atoms with Crippen molar-refractivity contribution in [1.29, 1.82) is 0 Å². The van der Waals surface area contributed by atoms with Crippen LogP contribution in [0.25, 0.3) is 0 Å². The van der Waals surface area contributed by atoms with Crippen molar-refractivity contribution in [1.82, 2.24) is 4.90 Å². The van der Waals surface area contributed by atoms with E-state index >= 15 is 0 Å². The molecule has 10 heteroatoms. The van der Waals surface area contributed by atoms with Crippen LogP contribution in [0.3, 0.4) is 0 Å². The number of carboxylic acid groups (broad SMARTS) is 2. The number of rotatable bonds is 0. The van der Waals surface area contributed by atoms with Gasteiger partial charge in [0.05, 0.1) is 18.6 Å². The average molecular weight is 413 g/mol. The molecule has 3 aliphatic heterocycles. The molecular formula is C15H13BrN2O7. The molecule has 1 aromatic rings. The lowest BCUT2D eigenvalue weighted by Crippen LogP contribution is -2.63. The number of amides is 2. The van der Waals surface area contributed by atoms with E-state index in [9.17, 15) is 9.59 Å². The van der Waals surface area contributed by atoms with Gasteiger partial charge in [0.25, 0.3) is 0 Å². The van der Waals surface area contributed by atoms with Gasteiger partial charge in [-0.2, -0.15) is 0 Å². The Bertz CT molecular complexity index is 793. The SMILES string of the molecule is O=C(O)N(C(=O)O)C1=NC2(CO1)c1cc(Br)ccc1OCC21COC1. The number of amidine groups is 1. The first-order valence-electron chi connectivity index (χ1n) is 7.38. The predicted molar refractivity (Wildman–Crippen MR) is 85.8 cm³/mol. The fourth-order valence-corrected chi connectivity index (χ4v) is 3.77. The maximum Gasteiger partial charge on any atom is 0.425 e. The number of hydrogen-bond acceptors (Lipinski definition) is 6.